The fourth-order valence-electron chi connectivity index (χ4n) is 3.58. The molecule has 0 bridgehead atoms. The van der Waals surface area contributed by atoms with Crippen molar-refractivity contribution in [2.75, 3.05) is 10.6 Å². The van der Waals surface area contributed by atoms with Gasteiger partial charge in [-0.1, -0.05) is 48.3 Å². The number of nitrogens with zero attached hydrogens (tertiary/aromatic N) is 2. The van der Waals surface area contributed by atoms with Gasteiger partial charge in [0, 0.05) is 11.8 Å². The lowest BCUT2D eigenvalue weighted by atomic mass is 10.1. The van der Waals surface area contributed by atoms with Gasteiger partial charge in [-0.2, -0.15) is 0 Å². The average molecular weight is 450 g/mol. The number of carboxylic acid groups (broad SMARTS) is 1. The fourth-order valence-corrected chi connectivity index (χ4v) is 3.58. The number of amides is 1. The number of hydrogen-bond acceptors (Lipinski definition) is 7. The van der Waals surface area contributed by atoms with E-state index < -0.39 is 24.2 Å². The quantitative estimate of drug-likeness (QED) is 0.415. The van der Waals surface area contributed by atoms with Gasteiger partial charge in [0.1, 0.15) is 18.0 Å². The summed E-state index contributed by atoms with van der Waals surface area (Å²) in [7, 11) is 0. The zero-order chi connectivity index (χ0) is 23.4. The molecule has 2 unspecified atom stereocenters. The Balaban J connectivity index is 1.43. The number of aliphatic carboxylic acids is 1. The maximum atomic E-state index is 12.4. The van der Waals surface area contributed by atoms with Crippen molar-refractivity contribution in [1.82, 2.24) is 10.1 Å². The lowest BCUT2D eigenvalue weighted by molar-refractivity contribution is -0.138. The Hall–Kier alpha value is -3.88. The summed E-state index contributed by atoms with van der Waals surface area (Å²) in [5.74, 6) is 0.192. The van der Waals surface area contributed by atoms with Crippen molar-refractivity contribution in [3.8, 4) is 11.1 Å². The molecule has 172 valence electrons. The smallest absolute Gasteiger partial charge is 0.414 e. The van der Waals surface area contributed by atoms with E-state index in [0.29, 0.717) is 35.0 Å². The number of ether oxygens (including phenoxy) is 1. The molecule has 33 heavy (non-hydrogen) atoms. The Bertz CT molecular complexity index is 1110. The summed E-state index contributed by atoms with van der Waals surface area (Å²) in [6.45, 7) is 3.54. The molecule has 4 rings (SSSR count). The van der Waals surface area contributed by atoms with Crippen molar-refractivity contribution >= 4 is 23.8 Å². The molecule has 1 fully saturated rings. The maximum Gasteiger partial charge on any atom is 0.414 e. The Labute approximate surface area is 191 Å². The summed E-state index contributed by atoms with van der Waals surface area (Å²) >= 11 is 0. The van der Waals surface area contributed by atoms with E-state index in [1.165, 1.54) is 0 Å². The number of aryl methyl sites for hydroxylation is 1. The second kappa shape index (κ2) is 9.72. The largest absolute Gasteiger partial charge is 0.480 e. The summed E-state index contributed by atoms with van der Waals surface area (Å²) < 4.78 is 10.7. The zero-order valence-electron chi connectivity index (χ0n) is 18.4. The number of carboxylic acids is 1. The number of aromatic nitrogens is 2. The number of nitrogens with one attached hydrogen (secondary N) is 2. The minimum Gasteiger partial charge on any atom is -0.480 e. The van der Waals surface area contributed by atoms with Crippen LogP contribution in [0.3, 0.4) is 0 Å². The Morgan fingerprint density at radius 3 is 2.61 bits per heavy atom. The minimum atomic E-state index is -0.891. The average Bonchev–Trinajstić information content (AvgIpc) is 3.55. The zero-order valence-corrected chi connectivity index (χ0v) is 18.4. The highest BCUT2D eigenvalue weighted by molar-refractivity contribution is 5.89. The highest BCUT2D eigenvalue weighted by Gasteiger charge is 2.29. The van der Waals surface area contributed by atoms with Gasteiger partial charge in [0.05, 0.1) is 11.3 Å². The summed E-state index contributed by atoms with van der Waals surface area (Å²) in [6, 6.07) is 12.2. The van der Waals surface area contributed by atoms with Crippen LogP contribution in [0.2, 0.25) is 0 Å². The third-order valence-electron chi connectivity index (χ3n) is 5.57. The molecule has 3 aromatic rings. The number of pyridine rings is 1. The molecule has 9 heteroatoms. The first-order valence-corrected chi connectivity index (χ1v) is 10.9. The van der Waals surface area contributed by atoms with Crippen molar-refractivity contribution in [2.45, 2.75) is 45.3 Å². The normalized spacial score (nSPS) is 14.8. The molecule has 0 saturated heterocycles. The van der Waals surface area contributed by atoms with Crippen molar-refractivity contribution < 1.29 is 24.0 Å². The van der Waals surface area contributed by atoms with E-state index in [2.05, 4.69) is 20.8 Å². The van der Waals surface area contributed by atoms with Crippen LogP contribution in [0.5, 0.6) is 0 Å². The second-order valence-corrected chi connectivity index (χ2v) is 8.20. The monoisotopic (exact) mass is 450 g/mol. The van der Waals surface area contributed by atoms with Gasteiger partial charge in [-0.3, -0.25) is 5.32 Å². The van der Waals surface area contributed by atoms with Crippen LogP contribution in [0, 0.1) is 12.8 Å². The second-order valence-electron chi connectivity index (χ2n) is 8.20. The number of benzene rings is 1. The van der Waals surface area contributed by atoms with E-state index >= 15 is 0 Å². The third kappa shape index (κ3) is 5.68. The topological polar surface area (TPSA) is 127 Å². The molecule has 1 aliphatic carbocycles. The molecule has 0 aliphatic heterocycles. The summed E-state index contributed by atoms with van der Waals surface area (Å²) in [5, 5.41) is 19.0. The number of rotatable bonds is 9. The van der Waals surface area contributed by atoms with Gasteiger partial charge in [-0.25, -0.2) is 14.6 Å². The van der Waals surface area contributed by atoms with Gasteiger partial charge in [0.25, 0.3) is 0 Å². The first-order chi connectivity index (χ1) is 15.9. The lowest BCUT2D eigenvalue weighted by Crippen LogP contribution is -2.30. The minimum absolute atomic E-state index is 0.150. The molecule has 1 aromatic carbocycles. The first-order valence-electron chi connectivity index (χ1n) is 10.9. The molecular weight excluding hydrogens is 424 g/mol. The molecule has 9 nitrogen and oxygen atoms in total. The Kier molecular flexibility index (Phi) is 6.58. The van der Waals surface area contributed by atoms with Gasteiger partial charge in [-0.15, -0.1) is 0 Å². The maximum absolute atomic E-state index is 12.4. The summed E-state index contributed by atoms with van der Waals surface area (Å²) in [4.78, 5) is 28.3. The fraction of sp³-hybridized carbons (Fsp3) is 0.333. The number of anilines is 2. The molecule has 2 atom stereocenters. The van der Waals surface area contributed by atoms with Crippen molar-refractivity contribution in [2.24, 2.45) is 5.92 Å². The highest BCUT2D eigenvalue weighted by Crippen LogP contribution is 2.35. The van der Waals surface area contributed by atoms with Crippen LogP contribution < -0.4 is 10.6 Å². The first kappa shape index (κ1) is 22.3. The standard InChI is InChI=1S/C24H26N4O5/c1-14-21(18-10-11-20(25-13-18)26-19(23(29)30)12-16-8-9-16)22(33-28-14)27-24(31)32-15(2)17-6-4-3-5-7-17/h3-7,10-11,13,15-16,19H,8-9,12H2,1-2H3,(H,25,26)(H,27,31)(H,29,30). The molecular formula is C24H26N4O5. The van der Waals surface area contributed by atoms with Crippen LogP contribution in [0.4, 0.5) is 16.5 Å². The molecule has 2 aromatic heterocycles. The van der Waals surface area contributed by atoms with E-state index in [9.17, 15) is 14.7 Å². The van der Waals surface area contributed by atoms with Crippen LogP contribution in [0.15, 0.2) is 53.2 Å². The van der Waals surface area contributed by atoms with Crippen molar-refractivity contribution in [1.29, 1.82) is 0 Å². The summed E-state index contributed by atoms with van der Waals surface area (Å²) in [5.41, 5.74) is 2.68. The number of carbonyl (C=O) groups excluding carboxylic acids is 1. The van der Waals surface area contributed by atoms with Crippen molar-refractivity contribution in [3.63, 3.8) is 0 Å². The molecule has 0 spiro atoms. The van der Waals surface area contributed by atoms with E-state index in [1.807, 2.05) is 30.3 Å². The molecule has 1 saturated carbocycles. The van der Waals surface area contributed by atoms with Gasteiger partial charge in [0.15, 0.2) is 0 Å². The van der Waals surface area contributed by atoms with E-state index in [4.69, 9.17) is 9.26 Å². The Morgan fingerprint density at radius 2 is 1.97 bits per heavy atom. The van der Waals surface area contributed by atoms with Crippen LogP contribution in [-0.4, -0.2) is 33.4 Å². The number of hydrogen-bond donors (Lipinski definition) is 3. The van der Waals surface area contributed by atoms with E-state index in [0.717, 1.165) is 18.4 Å². The predicted molar refractivity (Wildman–Crippen MR) is 122 cm³/mol. The molecule has 3 N–H and O–H groups in total. The van der Waals surface area contributed by atoms with E-state index in [1.54, 1.807) is 32.2 Å². The van der Waals surface area contributed by atoms with Crippen LogP contribution in [0.1, 0.15) is 43.5 Å². The lowest BCUT2D eigenvalue weighted by Gasteiger charge is -2.15. The molecule has 1 aliphatic rings. The Morgan fingerprint density at radius 1 is 1.21 bits per heavy atom. The van der Waals surface area contributed by atoms with Crippen LogP contribution in [0.25, 0.3) is 11.1 Å². The van der Waals surface area contributed by atoms with Crippen molar-refractivity contribution in [3.05, 3.63) is 59.9 Å². The van der Waals surface area contributed by atoms with Gasteiger partial charge in [0.2, 0.25) is 5.88 Å². The third-order valence-corrected chi connectivity index (χ3v) is 5.57. The van der Waals surface area contributed by atoms with Crippen LogP contribution in [-0.2, 0) is 9.53 Å². The highest BCUT2D eigenvalue weighted by atomic mass is 16.6. The number of carbonyl (C=O) groups is 2. The van der Waals surface area contributed by atoms with Gasteiger partial charge < -0.3 is 19.7 Å². The molecule has 0 radical (unpaired) electrons. The summed E-state index contributed by atoms with van der Waals surface area (Å²) in [6.07, 6.45) is 3.21. The molecule has 1 amide bonds. The van der Waals surface area contributed by atoms with Gasteiger partial charge >= 0.3 is 12.1 Å². The molecule has 2 heterocycles. The predicted octanol–water partition coefficient (Wildman–Crippen LogP) is 5.02. The van der Waals surface area contributed by atoms with Crippen LogP contribution >= 0.6 is 0 Å². The van der Waals surface area contributed by atoms with Gasteiger partial charge in [-0.05, 0) is 43.9 Å². The SMILES string of the molecule is Cc1noc(NC(=O)OC(C)c2ccccc2)c1-c1ccc(NC(CC2CC2)C(=O)O)nc1. The van der Waals surface area contributed by atoms with E-state index in [-0.39, 0.29) is 5.88 Å².